The second-order valence-corrected chi connectivity index (χ2v) is 5.14. The van der Waals surface area contributed by atoms with Crippen LogP contribution in [-0.4, -0.2) is 65.9 Å². The smallest absolute Gasteiger partial charge is 0.236 e. The van der Waals surface area contributed by atoms with Gasteiger partial charge in [-0.2, -0.15) is 5.10 Å². The number of likely N-dealkylation sites (N-methyl/N-ethyl adjacent to an activating group) is 1. The van der Waals surface area contributed by atoms with Crippen LogP contribution in [0.1, 0.15) is 12.1 Å². The van der Waals surface area contributed by atoms with Crippen molar-refractivity contribution in [3.05, 3.63) is 18.0 Å². The Hall–Kier alpha value is -1.40. The average Bonchev–Trinajstić information content (AvgIpc) is 2.74. The van der Waals surface area contributed by atoms with Crippen molar-refractivity contribution in [3.63, 3.8) is 0 Å². The van der Waals surface area contributed by atoms with E-state index in [1.54, 1.807) is 26.1 Å². The molecule has 1 aromatic heterocycles. The third kappa shape index (κ3) is 3.33. The first kappa shape index (κ1) is 14.0. The number of ether oxygens (including phenoxy) is 1. The van der Waals surface area contributed by atoms with Crippen molar-refractivity contribution in [3.8, 4) is 0 Å². The zero-order valence-corrected chi connectivity index (χ0v) is 11.9. The topological polar surface area (TPSA) is 50.6 Å². The molecule has 6 nitrogen and oxygen atoms in total. The molecule has 0 spiro atoms. The van der Waals surface area contributed by atoms with Crippen LogP contribution in [0.2, 0.25) is 0 Å². The molecular formula is C13H22N4O2. The molecule has 0 bridgehead atoms. The predicted molar refractivity (Wildman–Crippen MR) is 71.6 cm³/mol. The van der Waals surface area contributed by atoms with E-state index in [4.69, 9.17) is 4.74 Å². The van der Waals surface area contributed by atoms with Crippen LogP contribution in [-0.2, 0) is 22.6 Å². The van der Waals surface area contributed by atoms with Crippen molar-refractivity contribution in [2.24, 2.45) is 0 Å². The molecule has 19 heavy (non-hydrogen) atoms. The Labute approximate surface area is 113 Å². The molecule has 0 aliphatic carbocycles. The van der Waals surface area contributed by atoms with Gasteiger partial charge in [-0.05, 0) is 12.5 Å². The maximum Gasteiger partial charge on any atom is 0.236 e. The van der Waals surface area contributed by atoms with Crippen molar-refractivity contribution in [1.82, 2.24) is 19.6 Å². The lowest BCUT2D eigenvalue weighted by molar-refractivity contribution is -0.131. The summed E-state index contributed by atoms with van der Waals surface area (Å²) in [5, 5.41) is 4.31. The molecule has 1 aliphatic heterocycles. The third-order valence-corrected chi connectivity index (χ3v) is 3.56. The maximum absolute atomic E-state index is 11.9. The van der Waals surface area contributed by atoms with Gasteiger partial charge in [-0.15, -0.1) is 0 Å². The minimum absolute atomic E-state index is 0.120. The monoisotopic (exact) mass is 266 g/mol. The molecule has 1 aliphatic rings. The molecule has 2 heterocycles. The summed E-state index contributed by atoms with van der Waals surface area (Å²) in [6.07, 6.45) is 2.77. The van der Waals surface area contributed by atoms with Gasteiger partial charge < -0.3 is 9.64 Å². The van der Waals surface area contributed by atoms with Gasteiger partial charge in [0.2, 0.25) is 5.91 Å². The number of carbonyl (C=O) groups is 1. The molecule has 0 saturated carbocycles. The SMILES string of the molecule is COC[C@@H]1CCn2nccc2CN1CC(=O)N(C)C. The summed E-state index contributed by atoms with van der Waals surface area (Å²) in [6, 6.07) is 2.28. The normalized spacial score (nSPS) is 19.8. The van der Waals surface area contributed by atoms with E-state index in [1.807, 2.05) is 16.9 Å². The molecule has 1 atom stereocenters. The number of carbonyl (C=O) groups excluding carboxylic acids is 1. The molecule has 0 saturated heterocycles. The van der Waals surface area contributed by atoms with Gasteiger partial charge in [0.25, 0.3) is 0 Å². The van der Waals surface area contributed by atoms with Crippen molar-refractivity contribution in [1.29, 1.82) is 0 Å². The fraction of sp³-hybridized carbons (Fsp3) is 0.692. The molecule has 106 valence electrons. The maximum atomic E-state index is 11.9. The van der Waals surface area contributed by atoms with Crippen LogP contribution in [0.5, 0.6) is 0 Å². The fourth-order valence-electron chi connectivity index (χ4n) is 2.37. The molecule has 0 radical (unpaired) electrons. The molecular weight excluding hydrogens is 244 g/mol. The number of hydrogen-bond donors (Lipinski definition) is 0. The number of fused-ring (bicyclic) bond motifs is 1. The summed E-state index contributed by atoms with van der Waals surface area (Å²) in [7, 11) is 5.28. The highest BCUT2D eigenvalue weighted by Gasteiger charge is 2.26. The van der Waals surface area contributed by atoms with E-state index in [0.717, 1.165) is 25.2 Å². The van der Waals surface area contributed by atoms with Crippen LogP contribution < -0.4 is 0 Å². The quantitative estimate of drug-likeness (QED) is 0.781. The molecule has 1 amide bonds. The lowest BCUT2D eigenvalue weighted by atomic mass is 10.2. The van der Waals surface area contributed by atoms with Gasteiger partial charge in [0.15, 0.2) is 0 Å². The summed E-state index contributed by atoms with van der Waals surface area (Å²) in [5.41, 5.74) is 1.16. The van der Waals surface area contributed by atoms with E-state index in [2.05, 4.69) is 10.00 Å². The van der Waals surface area contributed by atoms with Crippen LogP contribution in [0, 0.1) is 0 Å². The van der Waals surface area contributed by atoms with E-state index in [9.17, 15) is 4.79 Å². The van der Waals surface area contributed by atoms with E-state index in [1.165, 1.54) is 0 Å². The van der Waals surface area contributed by atoms with Crippen molar-refractivity contribution in [2.45, 2.75) is 25.6 Å². The molecule has 2 rings (SSSR count). The zero-order chi connectivity index (χ0) is 13.8. The first-order chi connectivity index (χ1) is 9.11. The largest absolute Gasteiger partial charge is 0.383 e. The Morgan fingerprint density at radius 1 is 1.58 bits per heavy atom. The van der Waals surface area contributed by atoms with Crippen molar-refractivity contribution >= 4 is 5.91 Å². The highest BCUT2D eigenvalue weighted by Crippen LogP contribution is 2.17. The van der Waals surface area contributed by atoms with Gasteiger partial charge in [0.05, 0.1) is 18.8 Å². The van der Waals surface area contributed by atoms with E-state index in [0.29, 0.717) is 13.2 Å². The summed E-state index contributed by atoms with van der Waals surface area (Å²) in [4.78, 5) is 15.8. The first-order valence-corrected chi connectivity index (χ1v) is 6.55. The second-order valence-electron chi connectivity index (χ2n) is 5.14. The highest BCUT2D eigenvalue weighted by molar-refractivity contribution is 5.77. The molecule has 6 heteroatoms. The van der Waals surface area contributed by atoms with Crippen LogP contribution in [0.15, 0.2) is 12.3 Å². The Balaban J connectivity index is 2.12. The van der Waals surface area contributed by atoms with Crippen LogP contribution >= 0.6 is 0 Å². The average molecular weight is 266 g/mol. The van der Waals surface area contributed by atoms with Gasteiger partial charge in [-0.3, -0.25) is 14.4 Å². The van der Waals surface area contributed by atoms with Crippen molar-refractivity contribution in [2.75, 3.05) is 34.4 Å². The number of methoxy groups -OCH3 is 1. The molecule has 0 N–H and O–H groups in total. The van der Waals surface area contributed by atoms with E-state index >= 15 is 0 Å². The lowest BCUT2D eigenvalue weighted by Crippen LogP contribution is -2.43. The minimum Gasteiger partial charge on any atom is -0.383 e. The number of aromatic nitrogens is 2. The number of rotatable bonds is 4. The second kappa shape index (κ2) is 6.16. The number of aryl methyl sites for hydroxylation is 1. The summed E-state index contributed by atoms with van der Waals surface area (Å²) in [5.74, 6) is 0.120. The number of amides is 1. The Bertz CT molecular complexity index is 430. The Morgan fingerprint density at radius 3 is 3.05 bits per heavy atom. The highest BCUT2D eigenvalue weighted by atomic mass is 16.5. The van der Waals surface area contributed by atoms with E-state index < -0.39 is 0 Å². The van der Waals surface area contributed by atoms with Crippen LogP contribution in [0.25, 0.3) is 0 Å². The first-order valence-electron chi connectivity index (χ1n) is 6.55. The van der Waals surface area contributed by atoms with Gasteiger partial charge in [0, 0.05) is 46.5 Å². The number of nitrogens with zero attached hydrogens (tertiary/aromatic N) is 4. The minimum atomic E-state index is 0.120. The number of hydrogen-bond acceptors (Lipinski definition) is 4. The molecule has 0 aromatic carbocycles. The summed E-state index contributed by atoms with van der Waals surface area (Å²) in [6.45, 7) is 2.69. The lowest BCUT2D eigenvalue weighted by Gasteiger charge is -2.29. The van der Waals surface area contributed by atoms with Gasteiger partial charge >= 0.3 is 0 Å². The summed E-state index contributed by atoms with van der Waals surface area (Å²) >= 11 is 0. The van der Waals surface area contributed by atoms with Crippen molar-refractivity contribution < 1.29 is 9.53 Å². The molecule has 1 aromatic rings. The summed E-state index contributed by atoms with van der Waals surface area (Å²) < 4.78 is 7.30. The van der Waals surface area contributed by atoms with Crippen LogP contribution in [0.4, 0.5) is 0 Å². The van der Waals surface area contributed by atoms with Gasteiger partial charge in [0.1, 0.15) is 0 Å². The third-order valence-electron chi connectivity index (χ3n) is 3.56. The van der Waals surface area contributed by atoms with E-state index in [-0.39, 0.29) is 11.9 Å². The Kier molecular flexibility index (Phi) is 4.55. The van der Waals surface area contributed by atoms with Gasteiger partial charge in [-0.25, -0.2) is 0 Å². The fourth-order valence-corrected chi connectivity index (χ4v) is 2.37. The van der Waals surface area contributed by atoms with Crippen LogP contribution in [0.3, 0.4) is 0 Å². The Morgan fingerprint density at radius 2 is 2.37 bits per heavy atom. The van der Waals surface area contributed by atoms with Gasteiger partial charge in [-0.1, -0.05) is 0 Å². The standard InChI is InChI=1S/C13H22N4O2/c1-15(2)13(18)9-16-8-11-4-6-14-17(11)7-5-12(16)10-19-3/h4,6,12H,5,7-10H2,1-3H3/t12-/m0/s1. The zero-order valence-electron chi connectivity index (χ0n) is 11.9. The molecule has 0 fully saturated rings. The predicted octanol–water partition coefficient (Wildman–Crippen LogP) is 0.192. The molecule has 0 unspecified atom stereocenters.